The van der Waals surface area contributed by atoms with E-state index in [0.29, 0.717) is 6.54 Å². The minimum absolute atomic E-state index is 0.182. The molecular weight excluding hydrogens is 370 g/mol. The van der Waals surface area contributed by atoms with Crippen LogP contribution in [0.1, 0.15) is 66.7 Å². The predicted molar refractivity (Wildman–Crippen MR) is 129 cm³/mol. The van der Waals surface area contributed by atoms with Gasteiger partial charge in [0.05, 0.1) is 6.54 Å². The van der Waals surface area contributed by atoms with Gasteiger partial charge in [0.25, 0.3) is 0 Å². The Labute approximate surface area is 177 Å². The number of primary amides is 1. The highest BCUT2D eigenvalue weighted by molar-refractivity contribution is 5.94. The van der Waals surface area contributed by atoms with Crippen molar-refractivity contribution >= 4 is 24.0 Å². The zero-order valence-corrected chi connectivity index (χ0v) is 19.3. The SMILES string of the molecule is CC1=NC=NC1.CCCCN.CCCN.CCCN=C(N)N.CCCNC(N)=O. The van der Waals surface area contributed by atoms with E-state index in [0.717, 1.165) is 51.2 Å². The van der Waals surface area contributed by atoms with Gasteiger partial charge in [-0.05, 0) is 45.7 Å². The quantitative estimate of drug-likeness (QED) is 0.268. The molecule has 1 rings (SSSR count). The first kappa shape index (κ1) is 34.3. The molecule has 0 saturated heterocycles. The van der Waals surface area contributed by atoms with Gasteiger partial charge < -0.3 is 34.0 Å². The highest BCUT2D eigenvalue weighted by Gasteiger charge is 1.89. The molecule has 0 aliphatic carbocycles. The van der Waals surface area contributed by atoms with Crippen LogP contribution in [0, 0.1) is 0 Å². The standard InChI is InChI=1S/C4H11N3.C4H10N2O.C4H6N2.C4H11N.C3H9N/c1-2-3-7-4(5)6;1-2-3-6-4(5)7;1-4-2-5-3-6-4;1-2-3-4-5;1-2-3-4/h2-3H2,1H3,(H4,5,6,7);2-3H2,1H3,(H3,5,6,7);3H,2H2,1H3;2-5H2,1H3;2-4H2,1H3. The van der Waals surface area contributed by atoms with Crippen molar-refractivity contribution in [2.45, 2.75) is 66.7 Å². The summed E-state index contributed by atoms with van der Waals surface area (Å²) in [5.74, 6) is 0.182. The normalized spacial score (nSPS) is 10.2. The summed E-state index contributed by atoms with van der Waals surface area (Å²) in [5.41, 5.74) is 26.0. The summed E-state index contributed by atoms with van der Waals surface area (Å²) in [5, 5.41) is 2.43. The smallest absolute Gasteiger partial charge is 0.312 e. The van der Waals surface area contributed by atoms with E-state index in [-0.39, 0.29) is 5.96 Å². The number of amides is 2. The highest BCUT2D eigenvalue weighted by Crippen LogP contribution is 1.83. The van der Waals surface area contributed by atoms with E-state index in [1.165, 1.54) is 12.8 Å². The summed E-state index contributed by atoms with van der Waals surface area (Å²) in [6, 6.07) is -0.443. The average molecular weight is 418 g/mol. The molecule has 0 aromatic rings. The number of nitrogens with one attached hydrogen (secondary N) is 1. The second kappa shape index (κ2) is 33.4. The molecule has 0 unspecified atom stereocenters. The van der Waals surface area contributed by atoms with E-state index in [4.69, 9.17) is 28.7 Å². The Balaban J connectivity index is -0.000000137. The first-order valence-electron chi connectivity index (χ1n) is 10.3. The van der Waals surface area contributed by atoms with Gasteiger partial charge in [-0.1, -0.05) is 34.1 Å². The summed E-state index contributed by atoms with van der Waals surface area (Å²) in [4.78, 5) is 21.3. The fourth-order valence-corrected chi connectivity index (χ4v) is 1.05. The Morgan fingerprint density at radius 3 is 1.72 bits per heavy atom. The van der Waals surface area contributed by atoms with Gasteiger partial charge in [0, 0.05) is 18.8 Å². The molecule has 0 aromatic carbocycles. The summed E-state index contributed by atoms with van der Waals surface area (Å²) < 4.78 is 0. The predicted octanol–water partition coefficient (Wildman–Crippen LogP) is 1.32. The van der Waals surface area contributed by atoms with Gasteiger partial charge >= 0.3 is 6.03 Å². The van der Waals surface area contributed by atoms with Crippen molar-refractivity contribution < 1.29 is 4.79 Å². The fourth-order valence-electron chi connectivity index (χ4n) is 1.05. The molecule has 10 heteroatoms. The molecule has 1 aliphatic rings. The van der Waals surface area contributed by atoms with Crippen molar-refractivity contribution in [3.05, 3.63) is 0 Å². The molecule has 0 radical (unpaired) electrons. The number of carbonyl (C=O) groups excluding carboxylic acids is 1. The van der Waals surface area contributed by atoms with Gasteiger partial charge in [0.15, 0.2) is 5.96 Å². The van der Waals surface area contributed by atoms with Crippen molar-refractivity contribution in [1.29, 1.82) is 0 Å². The van der Waals surface area contributed by atoms with Crippen molar-refractivity contribution in [3.8, 4) is 0 Å². The molecule has 1 heterocycles. The minimum Gasteiger partial charge on any atom is -0.370 e. The summed E-state index contributed by atoms with van der Waals surface area (Å²) in [6.07, 6.45) is 7.01. The maximum absolute atomic E-state index is 9.87. The molecule has 2 amide bonds. The number of hydrogen-bond donors (Lipinski definition) is 6. The van der Waals surface area contributed by atoms with Gasteiger partial charge in [0.1, 0.15) is 6.34 Å². The van der Waals surface area contributed by atoms with Crippen molar-refractivity contribution in [3.63, 3.8) is 0 Å². The number of nitrogens with two attached hydrogens (primary N) is 5. The number of hydrogen-bond acceptors (Lipinski definition) is 6. The maximum Gasteiger partial charge on any atom is 0.312 e. The lowest BCUT2D eigenvalue weighted by Gasteiger charge is -1.93. The average Bonchev–Trinajstić information content (AvgIpc) is 3.18. The van der Waals surface area contributed by atoms with Crippen LogP contribution in [-0.2, 0) is 0 Å². The lowest BCUT2D eigenvalue weighted by atomic mass is 10.3. The van der Waals surface area contributed by atoms with Crippen LogP contribution < -0.4 is 34.0 Å². The number of rotatable bonds is 7. The summed E-state index contributed by atoms with van der Waals surface area (Å²) >= 11 is 0. The molecule has 174 valence electrons. The van der Waals surface area contributed by atoms with E-state index in [1.54, 1.807) is 6.34 Å². The van der Waals surface area contributed by atoms with Crippen molar-refractivity contribution in [2.75, 3.05) is 32.7 Å². The number of guanidine groups is 1. The number of nitrogens with zero attached hydrogens (tertiary/aromatic N) is 3. The van der Waals surface area contributed by atoms with Crippen molar-refractivity contribution in [2.24, 2.45) is 43.6 Å². The van der Waals surface area contributed by atoms with Crippen LogP contribution in [0.4, 0.5) is 4.79 Å². The van der Waals surface area contributed by atoms with E-state index in [2.05, 4.69) is 34.1 Å². The summed E-state index contributed by atoms with van der Waals surface area (Å²) in [7, 11) is 0. The molecular formula is C19H47N9O. The Morgan fingerprint density at radius 1 is 1.03 bits per heavy atom. The zero-order valence-electron chi connectivity index (χ0n) is 19.3. The maximum atomic E-state index is 9.87. The molecule has 29 heavy (non-hydrogen) atoms. The molecule has 0 bridgehead atoms. The lowest BCUT2D eigenvalue weighted by molar-refractivity contribution is 0.249. The first-order chi connectivity index (χ1) is 13.8. The fraction of sp³-hybridized carbons (Fsp3) is 0.789. The largest absolute Gasteiger partial charge is 0.370 e. The van der Waals surface area contributed by atoms with Gasteiger partial charge in [-0.25, -0.2) is 9.79 Å². The summed E-state index contributed by atoms with van der Waals surface area (Å²) in [6.45, 7) is 14.0. The Kier molecular flexibility index (Phi) is 39.5. The van der Waals surface area contributed by atoms with Crippen LogP contribution in [0.25, 0.3) is 0 Å². The van der Waals surface area contributed by atoms with Crippen LogP contribution >= 0.6 is 0 Å². The zero-order chi connectivity index (χ0) is 23.3. The molecule has 0 fully saturated rings. The number of carbonyl (C=O) groups is 1. The molecule has 1 aliphatic heterocycles. The van der Waals surface area contributed by atoms with Gasteiger partial charge in [-0.2, -0.15) is 0 Å². The van der Waals surface area contributed by atoms with E-state index in [1.807, 2.05) is 20.8 Å². The third-order valence-electron chi connectivity index (χ3n) is 2.59. The molecule has 10 nitrogen and oxygen atoms in total. The minimum atomic E-state index is -0.443. The monoisotopic (exact) mass is 417 g/mol. The molecule has 0 atom stereocenters. The third-order valence-corrected chi connectivity index (χ3v) is 2.59. The molecule has 0 spiro atoms. The Morgan fingerprint density at radius 2 is 1.62 bits per heavy atom. The number of aliphatic imine (C=N–C) groups is 3. The van der Waals surface area contributed by atoms with Crippen molar-refractivity contribution in [1.82, 2.24) is 5.32 Å². The second-order valence-electron chi connectivity index (χ2n) is 5.85. The van der Waals surface area contributed by atoms with Gasteiger partial charge in [-0.15, -0.1) is 0 Å². The number of urea groups is 1. The molecule has 11 N–H and O–H groups in total. The van der Waals surface area contributed by atoms with Crippen LogP contribution in [0.5, 0.6) is 0 Å². The highest BCUT2D eigenvalue weighted by atomic mass is 16.2. The first-order valence-corrected chi connectivity index (χ1v) is 10.3. The Hall–Kier alpha value is -2.20. The topological polar surface area (TPSA) is 196 Å². The molecule has 0 aromatic heterocycles. The lowest BCUT2D eigenvalue weighted by Crippen LogP contribution is -2.29. The molecule has 0 saturated carbocycles. The van der Waals surface area contributed by atoms with Gasteiger partial charge in [-0.3, -0.25) is 9.98 Å². The van der Waals surface area contributed by atoms with Crippen LogP contribution in [0.3, 0.4) is 0 Å². The van der Waals surface area contributed by atoms with E-state index < -0.39 is 6.03 Å². The van der Waals surface area contributed by atoms with Crippen LogP contribution in [-0.4, -0.2) is 56.8 Å². The Bertz CT molecular complexity index is 402. The second-order valence-corrected chi connectivity index (χ2v) is 5.85. The van der Waals surface area contributed by atoms with E-state index in [9.17, 15) is 4.79 Å². The van der Waals surface area contributed by atoms with E-state index >= 15 is 0 Å². The van der Waals surface area contributed by atoms with Crippen LogP contribution in [0.15, 0.2) is 15.0 Å². The third kappa shape index (κ3) is 58.5. The number of unbranched alkanes of at least 4 members (excludes halogenated alkanes) is 1. The van der Waals surface area contributed by atoms with Gasteiger partial charge in [0.2, 0.25) is 0 Å². The van der Waals surface area contributed by atoms with Crippen LogP contribution in [0.2, 0.25) is 0 Å².